The maximum atomic E-state index is 11.2. The van der Waals surface area contributed by atoms with Crippen molar-refractivity contribution < 1.29 is 9.90 Å². The number of thiazole rings is 1. The molecule has 7 heteroatoms. The molecule has 0 aliphatic rings. The molecule has 0 saturated heterocycles. The summed E-state index contributed by atoms with van der Waals surface area (Å²) in [5.74, 6) is -0.173. The summed E-state index contributed by atoms with van der Waals surface area (Å²) >= 11 is 2.99. The van der Waals surface area contributed by atoms with Crippen molar-refractivity contribution in [3.63, 3.8) is 0 Å². The lowest BCUT2D eigenvalue weighted by atomic mass is 10.1. The first-order valence-electron chi connectivity index (χ1n) is 6.77. The molecule has 0 amide bonds. The fourth-order valence-corrected chi connectivity index (χ4v) is 3.82. The highest BCUT2D eigenvalue weighted by Gasteiger charge is 2.10. The molecule has 1 aromatic carbocycles. The van der Waals surface area contributed by atoms with Crippen LogP contribution in [0.4, 0.5) is 10.9 Å². The van der Waals surface area contributed by atoms with E-state index in [-0.39, 0.29) is 0 Å². The monoisotopic (exact) mass is 343 g/mol. The lowest BCUT2D eigenvalue weighted by Gasteiger charge is -2.03. The van der Waals surface area contributed by atoms with Gasteiger partial charge in [0.05, 0.1) is 16.0 Å². The molecule has 0 fully saturated rings. The number of hydrogen-bond acceptors (Lipinski definition) is 6. The number of anilines is 2. The molecule has 3 aromatic rings. The molecule has 0 aliphatic heterocycles. The smallest absolute Gasteiger partial charge is 0.335 e. The van der Waals surface area contributed by atoms with E-state index in [2.05, 4.69) is 15.3 Å². The Balaban J connectivity index is 1.74. The van der Waals surface area contributed by atoms with Gasteiger partial charge in [0.1, 0.15) is 5.82 Å². The van der Waals surface area contributed by atoms with E-state index in [0.717, 1.165) is 25.6 Å². The Bertz CT molecular complexity index is 834. The zero-order chi connectivity index (χ0) is 16.2. The third-order valence-corrected chi connectivity index (χ3v) is 5.05. The Morgan fingerprint density at radius 2 is 2.13 bits per heavy atom. The molecule has 2 aromatic heterocycles. The van der Waals surface area contributed by atoms with E-state index in [9.17, 15) is 9.90 Å². The van der Waals surface area contributed by atoms with Crippen molar-refractivity contribution in [2.75, 3.05) is 5.32 Å². The Kier molecular flexibility index (Phi) is 4.59. The van der Waals surface area contributed by atoms with Crippen molar-refractivity contribution in [1.29, 1.82) is 0 Å². The number of nitrogens with zero attached hydrogens (tertiary/aromatic N) is 2. The van der Waals surface area contributed by atoms with Crippen LogP contribution in [-0.2, 0) is 0 Å². The summed E-state index contributed by atoms with van der Waals surface area (Å²) in [6, 6.07) is 11.0. The summed E-state index contributed by atoms with van der Waals surface area (Å²) in [7, 11) is 0. The van der Waals surface area contributed by atoms with E-state index in [1.165, 1.54) is 23.1 Å². The molecule has 0 bridgehead atoms. The largest absolute Gasteiger partial charge is 0.478 e. The molecule has 0 saturated carbocycles. The first-order chi connectivity index (χ1) is 11.1. The summed E-state index contributed by atoms with van der Waals surface area (Å²) in [4.78, 5) is 20.6. The number of pyridine rings is 1. The van der Waals surface area contributed by atoms with Crippen LogP contribution in [0.2, 0.25) is 0 Å². The number of aromatic nitrogens is 2. The predicted octanol–water partition coefficient (Wildman–Crippen LogP) is 4.44. The molecule has 23 heavy (non-hydrogen) atoms. The fraction of sp³-hybridized carbons (Fsp3) is 0.0625. The summed E-state index contributed by atoms with van der Waals surface area (Å²) in [5, 5.41) is 13.1. The van der Waals surface area contributed by atoms with Gasteiger partial charge in [-0.25, -0.2) is 14.8 Å². The lowest BCUT2D eigenvalue weighted by Crippen LogP contribution is -1.99. The molecule has 0 aliphatic carbocycles. The number of aromatic carboxylic acids is 1. The normalized spacial score (nSPS) is 10.5. The van der Waals surface area contributed by atoms with Gasteiger partial charge >= 0.3 is 5.97 Å². The number of benzene rings is 1. The maximum absolute atomic E-state index is 11.2. The fourth-order valence-electron chi connectivity index (χ4n) is 1.92. The Morgan fingerprint density at radius 3 is 2.87 bits per heavy atom. The van der Waals surface area contributed by atoms with Crippen LogP contribution in [0, 0.1) is 6.92 Å². The quantitative estimate of drug-likeness (QED) is 0.713. The topological polar surface area (TPSA) is 75.1 Å². The molecule has 116 valence electrons. The third kappa shape index (κ3) is 3.88. The third-order valence-electron chi connectivity index (χ3n) is 3.04. The Morgan fingerprint density at radius 1 is 1.26 bits per heavy atom. The van der Waals surface area contributed by atoms with E-state index in [0.29, 0.717) is 5.56 Å². The van der Waals surface area contributed by atoms with E-state index < -0.39 is 5.97 Å². The van der Waals surface area contributed by atoms with Crippen LogP contribution >= 0.6 is 23.1 Å². The van der Waals surface area contributed by atoms with Crippen molar-refractivity contribution in [3.8, 4) is 0 Å². The second-order valence-electron chi connectivity index (χ2n) is 4.71. The number of hydrogen-bond donors (Lipinski definition) is 2. The molecular weight excluding hydrogens is 330 g/mol. The number of carboxylic acid groups (broad SMARTS) is 1. The average Bonchev–Trinajstić information content (AvgIpc) is 2.97. The van der Waals surface area contributed by atoms with Gasteiger partial charge in [-0.2, -0.15) is 0 Å². The van der Waals surface area contributed by atoms with Gasteiger partial charge in [-0.05, 0) is 36.8 Å². The summed E-state index contributed by atoms with van der Waals surface area (Å²) in [6.45, 7) is 1.79. The highest BCUT2D eigenvalue weighted by atomic mass is 32.2. The van der Waals surface area contributed by atoms with Gasteiger partial charge in [0, 0.05) is 11.1 Å². The van der Waals surface area contributed by atoms with Crippen molar-refractivity contribution >= 4 is 40.0 Å². The molecule has 0 spiro atoms. The number of nitrogens with one attached hydrogen (secondary N) is 1. The average molecular weight is 343 g/mol. The molecule has 0 radical (unpaired) electrons. The minimum absolute atomic E-state index is 0.325. The number of aryl methyl sites for hydroxylation is 1. The highest BCUT2D eigenvalue weighted by molar-refractivity contribution is 8.01. The molecule has 5 nitrogen and oxygen atoms in total. The summed E-state index contributed by atoms with van der Waals surface area (Å²) in [6.07, 6.45) is 3.48. The first kappa shape index (κ1) is 15.5. The second kappa shape index (κ2) is 6.80. The Labute approximate surface area is 141 Å². The maximum Gasteiger partial charge on any atom is 0.335 e. The minimum atomic E-state index is -0.910. The molecule has 3 rings (SSSR count). The van der Waals surface area contributed by atoms with Crippen LogP contribution in [0.3, 0.4) is 0 Å². The van der Waals surface area contributed by atoms with Crippen LogP contribution in [0.15, 0.2) is 57.9 Å². The Hall–Kier alpha value is -2.38. The van der Waals surface area contributed by atoms with Crippen molar-refractivity contribution in [2.45, 2.75) is 16.0 Å². The molecule has 0 atom stereocenters. The van der Waals surface area contributed by atoms with Gasteiger partial charge in [0.2, 0.25) is 0 Å². The van der Waals surface area contributed by atoms with Gasteiger partial charge in [0.25, 0.3) is 0 Å². The summed E-state index contributed by atoms with van der Waals surface area (Å²) < 4.78 is 0.976. The van der Waals surface area contributed by atoms with Crippen LogP contribution in [0.5, 0.6) is 0 Å². The van der Waals surface area contributed by atoms with Crippen LogP contribution < -0.4 is 5.32 Å². The number of carbonyl (C=O) groups is 1. The van der Waals surface area contributed by atoms with Crippen molar-refractivity contribution in [2.24, 2.45) is 0 Å². The van der Waals surface area contributed by atoms with Crippen molar-refractivity contribution in [1.82, 2.24) is 9.97 Å². The summed E-state index contributed by atoms with van der Waals surface area (Å²) in [5.41, 5.74) is 1.08. The standard InChI is InChI=1S/C16H13N3O2S2/c1-10-5-6-11(8-12(10)15(20)21)22-14-9-18-16(23-14)19-13-4-2-3-7-17-13/h2-9H,1H3,(H,20,21)(H,17,18,19). The van der Waals surface area contributed by atoms with Gasteiger partial charge in [-0.1, -0.05) is 35.2 Å². The SMILES string of the molecule is Cc1ccc(Sc2cnc(Nc3ccccn3)s2)cc1C(=O)O. The molecule has 0 unspecified atom stereocenters. The van der Waals surface area contributed by atoms with E-state index in [1.807, 2.05) is 30.3 Å². The van der Waals surface area contributed by atoms with Gasteiger partial charge in [-0.3, -0.25) is 0 Å². The lowest BCUT2D eigenvalue weighted by molar-refractivity contribution is 0.0696. The van der Waals surface area contributed by atoms with Crippen LogP contribution in [-0.4, -0.2) is 21.0 Å². The molecular formula is C16H13N3O2S2. The van der Waals surface area contributed by atoms with Gasteiger partial charge in [-0.15, -0.1) is 0 Å². The molecule has 2 heterocycles. The second-order valence-corrected chi connectivity index (χ2v) is 7.11. The molecule has 2 N–H and O–H groups in total. The van der Waals surface area contributed by atoms with Crippen molar-refractivity contribution in [3.05, 3.63) is 59.9 Å². The predicted molar refractivity (Wildman–Crippen MR) is 91.9 cm³/mol. The van der Waals surface area contributed by atoms with Crippen LogP contribution in [0.25, 0.3) is 0 Å². The minimum Gasteiger partial charge on any atom is -0.478 e. The van der Waals surface area contributed by atoms with E-state index in [1.54, 1.807) is 25.4 Å². The highest BCUT2D eigenvalue weighted by Crippen LogP contribution is 2.35. The van der Waals surface area contributed by atoms with Crippen LogP contribution in [0.1, 0.15) is 15.9 Å². The number of carboxylic acids is 1. The van der Waals surface area contributed by atoms with Gasteiger partial charge < -0.3 is 10.4 Å². The zero-order valence-electron chi connectivity index (χ0n) is 12.2. The zero-order valence-corrected chi connectivity index (χ0v) is 13.8. The first-order valence-corrected chi connectivity index (χ1v) is 8.41. The van der Waals surface area contributed by atoms with E-state index in [4.69, 9.17) is 0 Å². The van der Waals surface area contributed by atoms with E-state index >= 15 is 0 Å². The number of rotatable bonds is 5. The van der Waals surface area contributed by atoms with Gasteiger partial charge in [0.15, 0.2) is 5.13 Å².